The first-order valence-corrected chi connectivity index (χ1v) is 8.24. The number of nitrogens with zero attached hydrogens (tertiary/aromatic N) is 2. The Balaban J connectivity index is 1.48. The number of fused-ring (bicyclic) bond motifs is 1. The zero-order chi connectivity index (χ0) is 12.7. The maximum atomic E-state index is 4.74. The third-order valence-corrected chi connectivity index (χ3v) is 5.43. The van der Waals surface area contributed by atoms with Crippen molar-refractivity contribution in [3.63, 3.8) is 0 Å². The fraction of sp³-hybridized carbons (Fsp3) is 0.562. The van der Waals surface area contributed by atoms with Crippen molar-refractivity contribution in [2.24, 2.45) is 5.92 Å². The second kappa shape index (κ2) is 4.88. The summed E-state index contributed by atoms with van der Waals surface area (Å²) in [5.74, 6) is 1.71. The van der Waals surface area contributed by atoms with Gasteiger partial charge < -0.3 is 4.90 Å². The molecule has 1 aliphatic carbocycles. The summed E-state index contributed by atoms with van der Waals surface area (Å²) >= 11 is 1.67. The van der Waals surface area contributed by atoms with Crippen LogP contribution in [0.4, 0.5) is 0 Å². The highest BCUT2D eigenvalue weighted by molar-refractivity contribution is 7.13. The molecule has 1 aromatic carbocycles. The summed E-state index contributed by atoms with van der Waals surface area (Å²) < 4.78 is 6.09. The largest absolute Gasteiger partial charge is 0.303 e. The van der Waals surface area contributed by atoms with Crippen molar-refractivity contribution in [2.75, 3.05) is 19.6 Å². The van der Waals surface area contributed by atoms with Crippen molar-refractivity contribution in [1.82, 2.24) is 9.27 Å². The van der Waals surface area contributed by atoms with Crippen molar-refractivity contribution in [3.8, 4) is 0 Å². The minimum Gasteiger partial charge on any atom is -0.303 e. The van der Waals surface area contributed by atoms with Crippen molar-refractivity contribution in [3.05, 3.63) is 30.0 Å². The first kappa shape index (κ1) is 11.9. The van der Waals surface area contributed by atoms with Crippen LogP contribution in [0.2, 0.25) is 0 Å². The molecule has 1 saturated carbocycles. The first-order chi connectivity index (χ1) is 9.40. The molecule has 19 heavy (non-hydrogen) atoms. The Kier molecular flexibility index (Phi) is 3.04. The Bertz CT molecular complexity index is 565. The molecule has 2 fully saturated rings. The van der Waals surface area contributed by atoms with Crippen LogP contribution >= 0.6 is 11.5 Å². The fourth-order valence-corrected chi connectivity index (χ4v) is 4.11. The molecule has 2 heterocycles. The predicted molar refractivity (Wildman–Crippen MR) is 80.8 cm³/mol. The predicted octanol–water partition coefficient (Wildman–Crippen LogP) is 3.89. The molecule has 2 nitrogen and oxygen atoms in total. The van der Waals surface area contributed by atoms with Crippen LogP contribution in [0.3, 0.4) is 0 Å². The summed E-state index contributed by atoms with van der Waals surface area (Å²) in [7, 11) is 0. The molecule has 0 atom stereocenters. The number of hydrogen-bond donors (Lipinski definition) is 0. The normalized spacial score (nSPS) is 22.1. The highest BCUT2D eigenvalue weighted by atomic mass is 32.1. The SMILES string of the molecule is c1ccc2c(C3CCN(CC4CC4)CC3)nsc2c1. The Labute approximate surface area is 118 Å². The summed E-state index contributed by atoms with van der Waals surface area (Å²) in [6.45, 7) is 3.89. The van der Waals surface area contributed by atoms with Crippen molar-refractivity contribution >= 4 is 21.6 Å². The number of likely N-dealkylation sites (tertiary alicyclic amines) is 1. The monoisotopic (exact) mass is 272 g/mol. The smallest absolute Gasteiger partial charge is 0.0652 e. The fourth-order valence-electron chi connectivity index (χ4n) is 3.25. The van der Waals surface area contributed by atoms with Gasteiger partial charge in [0.25, 0.3) is 0 Å². The van der Waals surface area contributed by atoms with Gasteiger partial charge >= 0.3 is 0 Å². The van der Waals surface area contributed by atoms with Crippen molar-refractivity contribution in [1.29, 1.82) is 0 Å². The maximum Gasteiger partial charge on any atom is 0.0652 e. The van der Waals surface area contributed by atoms with Crippen LogP contribution < -0.4 is 0 Å². The molecule has 0 amide bonds. The Morgan fingerprint density at radius 3 is 2.68 bits per heavy atom. The molecule has 3 heteroatoms. The van der Waals surface area contributed by atoms with E-state index < -0.39 is 0 Å². The van der Waals surface area contributed by atoms with E-state index in [4.69, 9.17) is 4.37 Å². The summed E-state index contributed by atoms with van der Waals surface area (Å²) in [5.41, 5.74) is 1.37. The van der Waals surface area contributed by atoms with Gasteiger partial charge in [0.1, 0.15) is 0 Å². The minimum absolute atomic E-state index is 0.687. The Morgan fingerprint density at radius 2 is 1.89 bits per heavy atom. The minimum atomic E-state index is 0.687. The molecule has 2 aliphatic rings. The topological polar surface area (TPSA) is 16.1 Å². The van der Waals surface area contributed by atoms with Crippen LogP contribution in [0.1, 0.15) is 37.3 Å². The van der Waals surface area contributed by atoms with E-state index in [0.29, 0.717) is 5.92 Å². The van der Waals surface area contributed by atoms with E-state index in [1.165, 1.54) is 61.1 Å². The Hall–Kier alpha value is -0.930. The zero-order valence-corrected chi connectivity index (χ0v) is 12.0. The molecule has 0 bridgehead atoms. The third kappa shape index (κ3) is 2.41. The first-order valence-electron chi connectivity index (χ1n) is 7.47. The summed E-state index contributed by atoms with van der Waals surface area (Å²) in [6, 6.07) is 8.69. The number of aromatic nitrogens is 1. The highest BCUT2D eigenvalue weighted by Crippen LogP contribution is 2.36. The van der Waals surface area contributed by atoms with Gasteiger partial charge in [-0.3, -0.25) is 0 Å². The number of benzene rings is 1. The lowest BCUT2D eigenvalue weighted by Crippen LogP contribution is -2.34. The second-order valence-corrected chi connectivity index (χ2v) is 6.89. The van der Waals surface area contributed by atoms with Gasteiger partial charge in [0.2, 0.25) is 0 Å². The van der Waals surface area contributed by atoms with Crippen LogP contribution in [0.25, 0.3) is 10.1 Å². The summed E-state index contributed by atoms with van der Waals surface area (Å²) in [4.78, 5) is 2.67. The lowest BCUT2D eigenvalue weighted by molar-refractivity contribution is 0.204. The maximum absolute atomic E-state index is 4.74. The van der Waals surface area contributed by atoms with Gasteiger partial charge in [-0.2, -0.15) is 4.37 Å². The van der Waals surface area contributed by atoms with Gasteiger partial charge in [0.05, 0.1) is 10.4 Å². The molecule has 1 saturated heterocycles. The quantitative estimate of drug-likeness (QED) is 0.843. The van der Waals surface area contributed by atoms with Crippen LogP contribution in [0, 0.1) is 5.92 Å². The Morgan fingerprint density at radius 1 is 1.11 bits per heavy atom. The molecular weight excluding hydrogens is 252 g/mol. The van der Waals surface area contributed by atoms with E-state index in [-0.39, 0.29) is 0 Å². The standard InChI is InChI=1S/C16H20N2S/c1-2-4-15-14(3-1)16(17-19-15)13-7-9-18(10-8-13)11-12-5-6-12/h1-4,12-13H,5-11H2. The molecule has 2 aromatic rings. The number of hydrogen-bond acceptors (Lipinski definition) is 3. The van der Waals surface area contributed by atoms with Gasteiger partial charge in [-0.05, 0) is 62.3 Å². The van der Waals surface area contributed by atoms with E-state index in [0.717, 1.165) is 5.92 Å². The van der Waals surface area contributed by atoms with E-state index in [2.05, 4.69) is 29.2 Å². The number of rotatable bonds is 3. The molecule has 0 radical (unpaired) electrons. The van der Waals surface area contributed by atoms with Crippen molar-refractivity contribution in [2.45, 2.75) is 31.6 Å². The summed E-state index contributed by atoms with van der Waals surface area (Å²) in [5, 5.41) is 1.40. The summed E-state index contributed by atoms with van der Waals surface area (Å²) in [6.07, 6.45) is 5.52. The molecule has 1 aliphatic heterocycles. The number of piperidine rings is 1. The molecule has 4 rings (SSSR count). The second-order valence-electron chi connectivity index (χ2n) is 6.08. The molecule has 100 valence electrons. The third-order valence-electron chi connectivity index (χ3n) is 4.59. The average Bonchev–Trinajstić information content (AvgIpc) is 3.16. The molecule has 0 unspecified atom stereocenters. The van der Waals surface area contributed by atoms with Gasteiger partial charge in [0, 0.05) is 17.8 Å². The lowest BCUT2D eigenvalue weighted by Gasteiger charge is -2.31. The van der Waals surface area contributed by atoms with Crippen LogP contribution in [-0.2, 0) is 0 Å². The molecule has 0 N–H and O–H groups in total. The lowest BCUT2D eigenvalue weighted by atomic mass is 9.91. The average molecular weight is 272 g/mol. The van der Waals surface area contributed by atoms with E-state index >= 15 is 0 Å². The van der Waals surface area contributed by atoms with Crippen LogP contribution in [-0.4, -0.2) is 28.9 Å². The zero-order valence-electron chi connectivity index (χ0n) is 11.2. The van der Waals surface area contributed by atoms with Gasteiger partial charge in [-0.1, -0.05) is 18.2 Å². The van der Waals surface area contributed by atoms with Crippen LogP contribution in [0.15, 0.2) is 24.3 Å². The van der Waals surface area contributed by atoms with E-state index in [1.807, 2.05) is 0 Å². The molecule has 0 spiro atoms. The van der Waals surface area contributed by atoms with Crippen LogP contribution in [0.5, 0.6) is 0 Å². The van der Waals surface area contributed by atoms with Gasteiger partial charge in [-0.15, -0.1) is 0 Å². The molecule has 1 aromatic heterocycles. The molecular formula is C16H20N2S. The van der Waals surface area contributed by atoms with E-state index in [1.54, 1.807) is 11.5 Å². The van der Waals surface area contributed by atoms with E-state index in [9.17, 15) is 0 Å². The highest BCUT2D eigenvalue weighted by Gasteiger charge is 2.28. The van der Waals surface area contributed by atoms with Gasteiger partial charge in [0.15, 0.2) is 0 Å². The van der Waals surface area contributed by atoms with Gasteiger partial charge in [-0.25, -0.2) is 0 Å². The van der Waals surface area contributed by atoms with Crippen molar-refractivity contribution < 1.29 is 0 Å².